The van der Waals surface area contributed by atoms with E-state index in [9.17, 15) is 18.0 Å². The van der Waals surface area contributed by atoms with Gasteiger partial charge in [-0.25, -0.2) is 8.42 Å². The van der Waals surface area contributed by atoms with Crippen LogP contribution in [0.3, 0.4) is 0 Å². The smallest absolute Gasteiger partial charge is 0.244 e. The summed E-state index contributed by atoms with van der Waals surface area (Å²) < 4.78 is 32.9. The van der Waals surface area contributed by atoms with Gasteiger partial charge in [0.25, 0.3) is 0 Å². The molecule has 0 saturated heterocycles. The van der Waals surface area contributed by atoms with Crippen molar-refractivity contribution in [2.45, 2.75) is 25.9 Å². The van der Waals surface area contributed by atoms with Crippen LogP contribution in [0.4, 0.5) is 5.69 Å². The highest BCUT2D eigenvalue weighted by Gasteiger charge is 2.33. The number of carbonyl (C=O) groups is 2. The SMILES string of the molecule is CCNC(=O)C(Cc1ccccc1)N(Cc1ccc(Cl)c(Cl)c1)C(=O)CN(c1ccc(Oc2ccccc2)cc1)S(C)(=O)=O. The van der Waals surface area contributed by atoms with Gasteiger partial charge in [-0.1, -0.05) is 77.8 Å². The Balaban J connectivity index is 1.67. The number of sulfonamides is 1. The molecule has 44 heavy (non-hydrogen) atoms. The van der Waals surface area contributed by atoms with E-state index in [2.05, 4.69) is 5.32 Å². The number of para-hydroxylation sites is 1. The van der Waals surface area contributed by atoms with E-state index < -0.39 is 28.5 Å². The number of halogens is 2. The van der Waals surface area contributed by atoms with Crippen LogP contribution >= 0.6 is 23.2 Å². The van der Waals surface area contributed by atoms with Crippen molar-refractivity contribution in [2.75, 3.05) is 23.7 Å². The third-order valence-corrected chi connectivity index (χ3v) is 8.62. The minimum Gasteiger partial charge on any atom is -0.457 e. The second-order valence-electron chi connectivity index (χ2n) is 10.0. The summed E-state index contributed by atoms with van der Waals surface area (Å²) >= 11 is 12.4. The van der Waals surface area contributed by atoms with Crippen LogP contribution in [0.2, 0.25) is 10.0 Å². The number of rotatable bonds is 13. The summed E-state index contributed by atoms with van der Waals surface area (Å²) in [6, 6.07) is 28.9. The molecule has 0 aliphatic heterocycles. The van der Waals surface area contributed by atoms with Gasteiger partial charge in [0, 0.05) is 19.5 Å². The minimum absolute atomic E-state index is 0.00812. The van der Waals surface area contributed by atoms with Gasteiger partial charge >= 0.3 is 0 Å². The Bertz CT molecular complexity index is 1670. The van der Waals surface area contributed by atoms with E-state index in [1.807, 2.05) is 48.5 Å². The molecule has 0 aliphatic rings. The van der Waals surface area contributed by atoms with Crippen LogP contribution in [-0.4, -0.2) is 50.5 Å². The first-order chi connectivity index (χ1) is 21.0. The quantitative estimate of drug-likeness (QED) is 0.182. The molecule has 1 unspecified atom stereocenters. The van der Waals surface area contributed by atoms with Crippen LogP contribution in [0.25, 0.3) is 0 Å². The predicted octanol–water partition coefficient (Wildman–Crippen LogP) is 6.33. The number of ether oxygens (including phenoxy) is 1. The van der Waals surface area contributed by atoms with Crippen molar-refractivity contribution < 1.29 is 22.7 Å². The van der Waals surface area contributed by atoms with Crippen molar-refractivity contribution in [3.8, 4) is 11.5 Å². The fourth-order valence-electron chi connectivity index (χ4n) is 4.60. The second-order valence-corrected chi connectivity index (χ2v) is 12.8. The van der Waals surface area contributed by atoms with Gasteiger partial charge in [0.15, 0.2) is 0 Å². The highest BCUT2D eigenvalue weighted by atomic mass is 35.5. The van der Waals surface area contributed by atoms with Crippen LogP contribution < -0.4 is 14.4 Å². The lowest BCUT2D eigenvalue weighted by molar-refractivity contribution is -0.140. The Morgan fingerprint density at radius 3 is 2.02 bits per heavy atom. The van der Waals surface area contributed by atoms with E-state index in [1.165, 1.54) is 4.90 Å². The molecule has 0 fully saturated rings. The maximum absolute atomic E-state index is 14.1. The molecule has 11 heteroatoms. The number of anilines is 1. The third kappa shape index (κ3) is 8.98. The summed E-state index contributed by atoms with van der Waals surface area (Å²) in [5.74, 6) is 0.194. The van der Waals surface area contributed by atoms with E-state index in [4.69, 9.17) is 27.9 Å². The van der Waals surface area contributed by atoms with E-state index in [0.717, 1.165) is 16.1 Å². The normalized spacial score (nSPS) is 11.8. The summed E-state index contributed by atoms with van der Waals surface area (Å²) in [4.78, 5) is 29.0. The first kappa shape index (κ1) is 32.9. The summed E-state index contributed by atoms with van der Waals surface area (Å²) in [7, 11) is -3.91. The summed E-state index contributed by atoms with van der Waals surface area (Å²) in [6.07, 6.45) is 1.24. The highest BCUT2D eigenvalue weighted by Crippen LogP contribution is 2.27. The van der Waals surface area contributed by atoms with Crippen LogP contribution in [0.1, 0.15) is 18.1 Å². The van der Waals surface area contributed by atoms with Gasteiger partial charge in [0.2, 0.25) is 21.8 Å². The molecule has 0 bridgehead atoms. The van der Waals surface area contributed by atoms with Crippen molar-refractivity contribution in [1.82, 2.24) is 10.2 Å². The molecule has 0 radical (unpaired) electrons. The second kappa shape index (κ2) is 15.1. The van der Waals surface area contributed by atoms with Gasteiger partial charge in [0.05, 0.1) is 22.0 Å². The monoisotopic (exact) mass is 653 g/mol. The van der Waals surface area contributed by atoms with Gasteiger partial charge in [-0.3, -0.25) is 13.9 Å². The van der Waals surface area contributed by atoms with Crippen LogP contribution in [0, 0.1) is 0 Å². The maximum Gasteiger partial charge on any atom is 0.244 e. The van der Waals surface area contributed by atoms with E-state index >= 15 is 0 Å². The van der Waals surface area contributed by atoms with Crippen LogP contribution in [0.15, 0.2) is 103 Å². The average molecular weight is 655 g/mol. The number of nitrogens with zero attached hydrogens (tertiary/aromatic N) is 2. The Labute approximate surface area is 268 Å². The zero-order valence-corrected chi connectivity index (χ0v) is 26.6. The number of hydrogen-bond acceptors (Lipinski definition) is 5. The molecule has 230 valence electrons. The van der Waals surface area contributed by atoms with Crippen molar-refractivity contribution >= 4 is 50.7 Å². The molecule has 0 saturated carbocycles. The zero-order chi connectivity index (χ0) is 31.7. The molecular weight excluding hydrogens is 621 g/mol. The molecule has 2 amide bonds. The van der Waals surface area contributed by atoms with Crippen molar-refractivity contribution in [2.24, 2.45) is 0 Å². The number of carbonyl (C=O) groups excluding carboxylic acids is 2. The fourth-order valence-corrected chi connectivity index (χ4v) is 5.77. The van der Waals surface area contributed by atoms with Crippen LogP contribution in [-0.2, 0) is 32.6 Å². The van der Waals surface area contributed by atoms with Gasteiger partial charge in [0.1, 0.15) is 24.1 Å². The summed E-state index contributed by atoms with van der Waals surface area (Å²) in [5.41, 5.74) is 1.74. The predicted molar refractivity (Wildman–Crippen MR) is 175 cm³/mol. The van der Waals surface area contributed by atoms with Crippen molar-refractivity contribution in [1.29, 1.82) is 0 Å². The number of amides is 2. The van der Waals surface area contributed by atoms with Crippen molar-refractivity contribution in [3.63, 3.8) is 0 Å². The Morgan fingerprint density at radius 2 is 1.43 bits per heavy atom. The molecule has 8 nitrogen and oxygen atoms in total. The molecule has 0 aromatic heterocycles. The summed E-state index contributed by atoms with van der Waals surface area (Å²) in [5, 5.41) is 3.47. The molecule has 4 rings (SSSR count). The highest BCUT2D eigenvalue weighted by molar-refractivity contribution is 7.92. The van der Waals surface area contributed by atoms with Gasteiger partial charge in [-0.15, -0.1) is 0 Å². The Morgan fingerprint density at radius 1 is 0.818 bits per heavy atom. The third-order valence-electron chi connectivity index (χ3n) is 6.74. The lowest BCUT2D eigenvalue weighted by Crippen LogP contribution is -2.53. The van der Waals surface area contributed by atoms with Gasteiger partial charge < -0.3 is 15.0 Å². The fraction of sp³-hybridized carbons (Fsp3) is 0.212. The molecule has 0 aliphatic carbocycles. The van der Waals surface area contributed by atoms with E-state index in [-0.39, 0.29) is 24.6 Å². The molecule has 1 atom stereocenters. The molecular formula is C33H33Cl2N3O5S. The number of benzene rings is 4. The van der Waals surface area contributed by atoms with Gasteiger partial charge in [-0.05, 0) is 66.6 Å². The zero-order valence-electron chi connectivity index (χ0n) is 24.3. The molecule has 0 spiro atoms. The molecule has 4 aromatic carbocycles. The lowest BCUT2D eigenvalue weighted by Gasteiger charge is -2.33. The Hall–Kier alpha value is -4.05. The maximum atomic E-state index is 14.1. The van der Waals surface area contributed by atoms with Gasteiger partial charge in [-0.2, -0.15) is 0 Å². The standard InChI is InChI=1S/C33H33Cl2N3O5S/c1-3-36-33(40)31(21-24-10-6-4-7-11-24)37(22-25-14-19-29(34)30(35)20-25)32(39)23-38(44(2,41)42)26-15-17-28(18-16-26)43-27-12-8-5-9-13-27/h4-20,31H,3,21-23H2,1-2H3,(H,36,40). The average Bonchev–Trinajstić information content (AvgIpc) is 3.00. The number of hydrogen-bond donors (Lipinski definition) is 1. The number of likely N-dealkylation sites (N-methyl/N-ethyl adjacent to an activating group) is 1. The molecule has 1 N–H and O–H groups in total. The van der Waals surface area contributed by atoms with Crippen molar-refractivity contribution in [3.05, 3.63) is 124 Å². The molecule has 0 heterocycles. The minimum atomic E-state index is -3.91. The topological polar surface area (TPSA) is 96.0 Å². The summed E-state index contributed by atoms with van der Waals surface area (Å²) in [6.45, 7) is 1.60. The largest absolute Gasteiger partial charge is 0.457 e. The molecule has 4 aromatic rings. The first-order valence-corrected chi connectivity index (χ1v) is 16.5. The van der Waals surface area contributed by atoms with Crippen LogP contribution in [0.5, 0.6) is 11.5 Å². The lowest BCUT2D eigenvalue weighted by atomic mass is 10.0. The van der Waals surface area contributed by atoms with E-state index in [1.54, 1.807) is 61.5 Å². The number of nitrogens with one attached hydrogen (secondary N) is 1. The first-order valence-electron chi connectivity index (χ1n) is 13.9. The van der Waals surface area contributed by atoms with E-state index in [0.29, 0.717) is 33.7 Å². The Kier molecular flexibility index (Phi) is 11.3.